The van der Waals surface area contributed by atoms with Gasteiger partial charge >= 0.3 is 6.09 Å². The second-order valence-electron chi connectivity index (χ2n) is 3.56. The zero-order chi connectivity index (χ0) is 13.1. The number of ether oxygens (including phenoxy) is 1. The summed E-state index contributed by atoms with van der Waals surface area (Å²) in [6.45, 7) is 6.90. The third-order valence-electron chi connectivity index (χ3n) is 1.64. The fourth-order valence-electron chi connectivity index (χ4n) is 1.03. The van der Waals surface area contributed by atoms with Gasteiger partial charge in [0.25, 0.3) is 0 Å². The molecule has 1 amide bonds. The Balaban J connectivity index is 0.000000770. The molecule has 3 N–H and O–H groups in total. The predicted molar refractivity (Wildman–Crippen MR) is 70.7 cm³/mol. The van der Waals surface area contributed by atoms with Crippen LogP contribution < -0.4 is 11.1 Å². The number of carbonyl (C=O) groups is 1. The molecule has 1 aromatic rings. The highest BCUT2D eigenvalue weighted by molar-refractivity contribution is 5.67. The lowest BCUT2D eigenvalue weighted by Crippen LogP contribution is -2.23. The molecule has 0 aromatic heterocycles. The van der Waals surface area contributed by atoms with Crippen molar-refractivity contribution in [2.45, 2.75) is 33.8 Å². The summed E-state index contributed by atoms with van der Waals surface area (Å²) in [4.78, 5) is 10.9. The first-order chi connectivity index (χ1) is 8.13. The van der Waals surface area contributed by atoms with E-state index in [9.17, 15) is 4.79 Å². The molecule has 0 saturated heterocycles. The van der Waals surface area contributed by atoms with Crippen molar-refractivity contribution in [1.29, 1.82) is 0 Å². The summed E-state index contributed by atoms with van der Waals surface area (Å²) >= 11 is 0. The summed E-state index contributed by atoms with van der Waals surface area (Å²) in [5.74, 6) is 0. The van der Waals surface area contributed by atoms with Gasteiger partial charge in [-0.1, -0.05) is 32.4 Å². The van der Waals surface area contributed by atoms with Gasteiger partial charge in [-0.05, 0) is 24.6 Å². The van der Waals surface area contributed by atoms with Crippen LogP contribution in [0.25, 0.3) is 0 Å². The van der Waals surface area contributed by atoms with Crippen LogP contribution in [0.15, 0.2) is 24.3 Å². The van der Waals surface area contributed by atoms with Crippen LogP contribution in [0.3, 0.4) is 0 Å². The Hall–Kier alpha value is -1.71. The number of nitrogens with two attached hydrogens (primary N) is 1. The molecular formula is C13H22N2O2. The molecule has 4 heteroatoms. The quantitative estimate of drug-likeness (QED) is 0.796. The molecule has 0 atom stereocenters. The first-order valence-corrected chi connectivity index (χ1v) is 5.89. The van der Waals surface area contributed by atoms with Crippen LogP contribution in [0, 0.1) is 0 Å². The predicted octanol–water partition coefficient (Wildman–Crippen LogP) is 2.93. The Morgan fingerprint density at radius 1 is 1.35 bits per heavy atom. The molecule has 0 fully saturated rings. The van der Waals surface area contributed by atoms with Crippen LogP contribution >= 0.6 is 0 Å². The minimum absolute atomic E-state index is 0.247. The zero-order valence-electron chi connectivity index (χ0n) is 10.8. The molecule has 1 rings (SSSR count). The topological polar surface area (TPSA) is 64.3 Å². The van der Waals surface area contributed by atoms with E-state index in [1.807, 2.05) is 19.1 Å². The van der Waals surface area contributed by atoms with E-state index in [0.717, 1.165) is 5.56 Å². The van der Waals surface area contributed by atoms with Crippen LogP contribution in [0.4, 0.5) is 10.5 Å². The standard InChI is InChI=1S/C10H14N2O2.C3H8/c1-2-12-10(13)14-7-8-4-3-5-9(11)6-8;1-3-2/h3-6H,2,7,11H2,1H3,(H,12,13);3H2,1-2H3. The molecule has 96 valence electrons. The van der Waals surface area contributed by atoms with Crippen LogP contribution in [0.1, 0.15) is 32.8 Å². The fraction of sp³-hybridized carbons (Fsp3) is 0.462. The van der Waals surface area contributed by atoms with E-state index in [0.29, 0.717) is 12.2 Å². The lowest BCUT2D eigenvalue weighted by atomic mass is 10.2. The lowest BCUT2D eigenvalue weighted by molar-refractivity contribution is 0.140. The number of benzene rings is 1. The summed E-state index contributed by atoms with van der Waals surface area (Å²) in [5, 5.41) is 2.54. The fourth-order valence-corrected chi connectivity index (χ4v) is 1.03. The maximum atomic E-state index is 10.9. The SMILES string of the molecule is CCC.CCNC(=O)OCc1cccc(N)c1. The Bertz CT molecular complexity index is 327. The van der Waals surface area contributed by atoms with Crippen LogP contribution in [-0.2, 0) is 11.3 Å². The second-order valence-corrected chi connectivity index (χ2v) is 3.56. The van der Waals surface area contributed by atoms with E-state index < -0.39 is 6.09 Å². The van der Waals surface area contributed by atoms with Gasteiger partial charge in [0.15, 0.2) is 0 Å². The van der Waals surface area contributed by atoms with Gasteiger partial charge in [0.2, 0.25) is 0 Å². The molecule has 0 unspecified atom stereocenters. The molecule has 0 heterocycles. The number of carbonyl (C=O) groups excluding carboxylic acids is 1. The van der Waals surface area contributed by atoms with E-state index in [-0.39, 0.29) is 6.61 Å². The van der Waals surface area contributed by atoms with Gasteiger partial charge in [-0.15, -0.1) is 0 Å². The first kappa shape index (κ1) is 15.3. The van der Waals surface area contributed by atoms with Crippen molar-refractivity contribution < 1.29 is 9.53 Å². The lowest BCUT2D eigenvalue weighted by Gasteiger charge is -2.05. The smallest absolute Gasteiger partial charge is 0.407 e. The van der Waals surface area contributed by atoms with Crippen molar-refractivity contribution in [3.8, 4) is 0 Å². The number of hydrogen-bond acceptors (Lipinski definition) is 3. The van der Waals surface area contributed by atoms with Crippen molar-refractivity contribution in [2.75, 3.05) is 12.3 Å². The van der Waals surface area contributed by atoms with E-state index >= 15 is 0 Å². The highest BCUT2D eigenvalue weighted by atomic mass is 16.5. The van der Waals surface area contributed by atoms with Gasteiger partial charge in [0.1, 0.15) is 6.61 Å². The maximum absolute atomic E-state index is 10.9. The normalized spacial score (nSPS) is 8.88. The summed E-state index contributed by atoms with van der Waals surface area (Å²) < 4.78 is 4.92. The van der Waals surface area contributed by atoms with Gasteiger partial charge < -0.3 is 15.8 Å². The number of nitrogens with one attached hydrogen (secondary N) is 1. The number of hydrogen-bond donors (Lipinski definition) is 2. The first-order valence-electron chi connectivity index (χ1n) is 5.89. The Kier molecular flexibility index (Phi) is 8.55. The monoisotopic (exact) mass is 238 g/mol. The highest BCUT2D eigenvalue weighted by Gasteiger charge is 2.00. The second kappa shape index (κ2) is 9.51. The Labute approximate surface area is 103 Å². The molecule has 0 aliphatic carbocycles. The molecule has 0 aliphatic heterocycles. The number of nitrogen functional groups attached to an aromatic ring is 1. The minimum atomic E-state index is -0.407. The average Bonchev–Trinajstić information content (AvgIpc) is 2.28. The van der Waals surface area contributed by atoms with E-state index in [1.165, 1.54) is 6.42 Å². The average molecular weight is 238 g/mol. The van der Waals surface area contributed by atoms with Crippen LogP contribution in [0.2, 0.25) is 0 Å². The van der Waals surface area contributed by atoms with Gasteiger partial charge in [-0.2, -0.15) is 0 Å². The molecule has 0 bridgehead atoms. The van der Waals surface area contributed by atoms with Crippen LogP contribution in [-0.4, -0.2) is 12.6 Å². The van der Waals surface area contributed by atoms with E-state index in [1.54, 1.807) is 12.1 Å². The molecule has 0 aliphatic rings. The largest absolute Gasteiger partial charge is 0.445 e. The molecular weight excluding hydrogens is 216 g/mol. The van der Waals surface area contributed by atoms with E-state index in [2.05, 4.69) is 19.2 Å². The van der Waals surface area contributed by atoms with Gasteiger partial charge in [-0.25, -0.2) is 4.79 Å². The highest BCUT2D eigenvalue weighted by Crippen LogP contribution is 2.07. The summed E-state index contributed by atoms with van der Waals surface area (Å²) in [6, 6.07) is 7.25. The van der Waals surface area contributed by atoms with Crippen molar-refractivity contribution in [3.63, 3.8) is 0 Å². The number of amides is 1. The Morgan fingerprint density at radius 2 is 2.00 bits per heavy atom. The van der Waals surface area contributed by atoms with Gasteiger partial charge in [0.05, 0.1) is 0 Å². The Morgan fingerprint density at radius 3 is 2.53 bits per heavy atom. The number of alkyl carbamates (subject to hydrolysis) is 1. The van der Waals surface area contributed by atoms with Gasteiger partial charge in [0, 0.05) is 12.2 Å². The number of anilines is 1. The van der Waals surface area contributed by atoms with Gasteiger partial charge in [-0.3, -0.25) is 0 Å². The molecule has 1 aromatic carbocycles. The molecule has 17 heavy (non-hydrogen) atoms. The van der Waals surface area contributed by atoms with E-state index in [4.69, 9.17) is 10.5 Å². The molecule has 0 saturated carbocycles. The van der Waals surface area contributed by atoms with Crippen molar-refractivity contribution >= 4 is 11.8 Å². The van der Waals surface area contributed by atoms with Crippen molar-refractivity contribution in [3.05, 3.63) is 29.8 Å². The molecule has 0 radical (unpaired) electrons. The number of rotatable bonds is 3. The van der Waals surface area contributed by atoms with Crippen molar-refractivity contribution in [2.24, 2.45) is 0 Å². The van der Waals surface area contributed by atoms with Crippen molar-refractivity contribution in [1.82, 2.24) is 5.32 Å². The minimum Gasteiger partial charge on any atom is -0.445 e. The third kappa shape index (κ3) is 8.13. The zero-order valence-corrected chi connectivity index (χ0v) is 10.8. The molecule has 4 nitrogen and oxygen atoms in total. The molecule has 0 spiro atoms. The third-order valence-corrected chi connectivity index (χ3v) is 1.64. The summed E-state index contributed by atoms with van der Waals surface area (Å²) in [6.07, 6.45) is 0.843. The van der Waals surface area contributed by atoms with Crippen LogP contribution in [0.5, 0.6) is 0 Å². The summed E-state index contributed by atoms with van der Waals surface area (Å²) in [7, 11) is 0. The maximum Gasteiger partial charge on any atom is 0.407 e. The summed E-state index contributed by atoms with van der Waals surface area (Å²) in [5.41, 5.74) is 7.12.